The number of phenols is 1. The molecule has 0 bridgehead atoms. The van der Waals surface area contributed by atoms with Crippen molar-refractivity contribution < 1.29 is 14.3 Å². The fourth-order valence-corrected chi connectivity index (χ4v) is 2.38. The van der Waals surface area contributed by atoms with Gasteiger partial charge in [0.1, 0.15) is 17.6 Å². The summed E-state index contributed by atoms with van der Waals surface area (Å²) in [5.41, 5.74) is 3.40. The summed E-state index contributed by atoms with van der Waals surface area (Å²) in [5, 5.41) is 16.5. The number of carbonyl (C=O) groups excluding carboxylic acids is 1. The van der Waals surface area contributed by atoms with Crippen LogP contribution in [0.4, 0.5) is 10.1 Å². The molecule has 126 valence electrons. The van der Waals surface area contributed by atoms with E-state index in [9.17, 15) is 14.3 Å². The van der Waals surface area contributed by atoms with Gasteiger partial charge in [-0.1, -0.05) is 28.9 Å². The van der Waals surface area contributed by atoms with E-state index in [-0.39, 0.29) is 17.5 Å². The summed E-state index contributed by atoms with van der Waals surface area (Å²) in [5.74, 6) is -0.674. The third-order valence-electron chi connectivity index (χ3n) is 3.26. The van der Waals surface area contributed by atoms with Crippen molar-refractivity contribution in [3.05, 3.63) is 58.3 Å². The van der Waals surface area contributed by atoms with Gasteiger partial charge in [-0.05, 0) is 42.8 Å². The number of benzene rings is 2. The lowest BCUT2D eigenvalue weighted by Gasteiger charge is -2.16. The number of halogens is 2. The first kappa shape index (κ1) is 17.9. The molecule has 0 heterocycles. The van der Waals surface area contributed by atoms with Crippen LogP contribution in [0.5, 0.6) is 5.75 Å². The maximum Gasteiger partial charge on any atom is 0.262 e. The van der Waals surface area contributed by atoms with Gasteiger partial charge in [0.25, 0.3) is 5.91 Å². The fraction of sp³-hybridized carbons (Fsp3) is 0.176. The molecule has 0 saturated carbocycles. The lowest BCUT2D eigenvalue weighted by atomic mass is 10.2. The van der Waals surface area contributed by atoms with Crippen LogP contribution in [-0.4, -0.2) is 23.3 Å². The predicted octanol–water partition coefficient (Wildman–Crippen LogP) is 3.63. The molecule has 0 aromatic heterocycles. The van der Waals surface area contributed by atoms with E-state index in [0.29, 0.717) is 17.7 Å². The van der Waals surface area contributed by atoms with Gasteiger partial charge in [-0.3, -0.25) is 4.79 Å². The van der Waals surface area contributed by atoms with Crippen LogP contribution in [0.15, 0.2) is 52.0 Å². The number of nitrogens with zero attached hydrogens (tertiary/aromatic N) is 1. The van der Waals surface area contributed by atoms with Crippen molar-refractivity contribution in [3.63, 3.8) is 0 Å². The topological polar surface area (TPSA) is 73.7 Å². The first-order valence-corrected chi connectivity index (χ1v) is 8.12. The molecule has 7 heteroatoms. The Morgan fingerprint density at radius 3 is 2.88 bits per heavy atom. The van der Waals surface area contributed by atoms with Crippen molar-refractivity contribution in [2.75, 3.05) is 5.32 Å². The Hall–Kier alpha value is -2.41. The molecular formula is C17H17BrFN3O2. The Kier molecular flexibility index (Phi) is 6.31. The highest BCUT2D eigenvalue weighted by atomic mass is 79.9. The highest BCUT2D eigenvalue weighted by molar-refractivity contribution is 9.10. The summed E-state index contributed by atoms with van der Waals surface area (Å²) in [6, 6.07) is 10.2. The zero-order valence-corrected chi connectivity index (χ0v) is 14.5. The summed E-state index contributed by atoms with van der Waals surface area (Å²) >= 11 is 3.29. The zero-order chi connectivity index (χ0) is 17.5. The minimum absolute atomic E-state index is 0.0566. The summed E-state index contributed by atoms with van der Waals surface area (Å²) in [7, 11) is 0. The van der Waals surface area contributed by atoms with Crippen LogP contribution in [0.1, 0.15) is 18.9 Å². The Balaban J connectivity index is 1.99. The van der Waals surface area contributed by atoms with E-state index in [0.717, 1.165) is 4.47 Å². The molecule has 3 N–H and O–H groups in total. The zero-order valence-electron chi connectivity index (χ0n) is 13.0. The number of nitrogens with one attached hydrogen (secondary N) is 2. The van der Waals surface area contributed by atoms with Gasteiger partial charge in [-0.2, -0.15) is 5.10 Å². The van der Waals surface area contributed by atoms with Gasteiger partial charge in [-0.25, -0.2) is 9.82 Å². The van der Waals surface area contributed by atoms with Gasteiger partial charge < -0.3 is 10.4 Å². The van der Waals surface area contributed by atoms with Gasteiger partial charge >= 0.3 is 0 Å². The number of hydrazone groups is 1. The summed E-state index contributed by atoms with van der Waals surface area (Å²) in [4.78, 5) is 12.2. The van der Waals surface area contributed by atoms with Crippen LogP contribution in [0, 0.1) is 5.82 Å². The minimum atomic E-state index is -0.556. The van der Waals surface area contributed by atoms with E-state index in [2.05, 4.69) is 31.8 Å². The van der Waals surface area contributed by atoms with Gasteiger partial charge in [-0.15, -0.1) is 0 Å². The monoisotopic (exact) mass is 393 g/mol. The predicted molar refractivity (Wildman–Crippen MR) is 95.6 cm³/mol. The molecule has 2 aromatic rings. The Labute approximate surface area is 147 Å². The SMILES string of the molecule is CCC(Nc1cccc(F)c1)C(=O)NN=Cc1cc(Br)ccc1O. The molecule has 0 aliphatic rings. The number of aromatic hydroxyl groups is 1. The number of carbonyl (C=O) groups is 1. The quantitative estimate of drug-likeness (QED) is 0.518. The molecule has 0 saturated heterocycles. The number of amides is 1. The summed E-state index contributed by atoms with van der Waals surface area (Å²) in [6.45, 7) is 1.83. The van der Waals surface area contributed by atoms with Gasteiger partial charge in [0.05, 0.1) is 6.21 Å². The van der Waals surface area contributed by atoms with Crippen LogP contribution in [0.3, 0.4) is 0 Å². The number of hydrogen-bond acceptors (Lipinski definition) is 4. The number of rotatable bonds is 6. The maximum absolute atomic E-state index is 13.2. The molecule has 0 fully saturated rings. The molecule has 2 aromatic carbocycles. The summed E-state index contributed by atoms with van der Waals surface area (Å²) in [6.07, 6.45) is 1.85. The standard InChI is InChI=1S/C17H17BrFN3O2/c1-2-15(21-14-5-3-4-13(19)9-14)17(24)22-20-10-11-8-12(18)6-7-16(11)23/h3-10,15,21,23H,2H2,1H3,(H,22,24). The Bertz CT molecular complexity index is 752. The van der Waals surface area contributed by atoms with Crippen LogP contribution < -0.4 is 10.7 Å². The second-order valence-electron chi connectivity index (χ2n) is 5.05. The first-order valence-electron chi connectivity index (χ1n) is 7.33. The Morgan fingerprint density at radius 1 is 1.38 bits per heavy atom. The maximum atomic E-state index is 13.2. The van der Waals surface area contributed by atoms with Gasteiger partial charge in [0.2, 0.25) is 0 Å². The van der Waals surface area contributed by atoms with Crippen molar-refractivity contribution >= 4 is 33.7 Å². The van der Waals surface area contributed by atoms with Crippen LogP contribution in [0.2, 0.25) is 0 Å². The van der Waals surface area contributed by atoms with Gasteiger partial charge in [0.15, 0.2) is 0 Å². The minimum Gasteiger partial charge on any atom is -0.507 e. The van der Waals surface area contributed by atoms with Crippen LogP contribution >= 0.6 is 15.9 Å². The number of anilines is 1. The van der Waals surface area contributed by atoms with E-state index in [1.807, 2.05) is 6.92 Å². The van der Waals surface area contributed by atoms with Crippen molar-refractivity contribution in [2.24, 2.45) is 5.10 Å². The average molecular weight is 394 g/mol. The van der Waals surface area contributed by atoms with E-state index in [4.69, 9.17) is 0 Å². The molecule has 24 heavy (non-hydrogen) atoms. The number of phenolic OH excluding ortho intramolecular Hbond substituents is 1. The second kappa shape index (κ2) is 8.44. The highest BCUT2D eigenvalue weighted by Crippen LogP contribution is 2.20. The molecule has 2 rings (SSSR count). The van der Waals surface area contributed by atoms with Gasteiger partial charge in [0, 0.05) is 15.7 Å². The molecule has 1 unspecified atom stereocenters. The van der Waals surface area contributed by atoms with E-state index in [1.165, 1.54) is 24.4 Å². The molecule has 0 aliphatic carbocycles. The molecule has 1 amide bonds. The van der Waals surface area contributed by atoms with Crippen molar-refractivity contribution in [3.8, 4) is 5.75 Å². The summed E-state index contributed by atoms with van der Waals surface area (Å²) < 4.78 is 14.0. The highest BCUT2D eigenvalue weighted by Gasteiger charge is 2.15. The molecule has 5 nitrogen and oxygen atoms in total. The molecule has 0 radical (unpaired) electrons. The third-order valence-corrected chi connectivity index (χ3v) is 3.75. The van der Waals surface area contributed by atoms with E-state index >= 15 is 0 Å². The molecular weight excluding hydrogens is 377 g/mol. The average Bonchev–Trinajstić information content (AvgIpc) is 2.55. The lowest BCUT2D eigenvalue weighted by molar-refractivity contribution is -0.121. The van der Waals surface area contributed by atoms with Crippen molar-refractivity contribution in [1.82, 2.24) is 5.43 Å². The molecule has 0 aliphatic heterocycles. The normalized spacial score (nSPS) is 12.1. The lowest BCUT2D eigenvalue weighted by Crippen LogP contribution is -2.36. The third kappa shape index (κ3) is 5.06. The van der Waals surface area contributed by atoms with E-state index < -0.39 is 6.04 Å². The second-order valence-corrected chi connectivity index (χ2v) is 5.97. The smallest absolute Gasteiger partial charge is 0.262 e. The Morgan fingerprint density at radius 2 is 2.17 bits per heavy atom. The van der Waals surface area contributed by atoms with Crippen LogP contribution in [0.25, 0.3) is 0 Å². The van der Waals surface area contributed by atoms with Crippen molar-refractivity contribution in [1.29, 1.82) is 0 Å². The first-order chi connectivity index (χ1) is 11.5. The number of hydrogen-bond donors (Lipinski definition) is 3. The van der Waals surface area contributed by atoms with E-state index in [1.54, 1.807) is 24.3 Å². The molecule has 0 spiro atoms. The largest absolute Gasteiger partial charge is 0.507 e. The fourth-order valence-electron chi connectivity index (χ4n) is 2.00. The van der Waals surface area contributed by atoms with Crippen molar-refractivity contribution in [2.45, 2.75) is 19.4 Å². The molecule has 1 atom stereocenters. The van der Waals surface area contributed by atoms with Crippen LogP contribution in [-0.2, 0) is 4.79 Å².